The number of phenolic OH excluding ortho intramolecular Hbond substituents is 1. The number of aromatic hydroxyl groups is 1. The van der Waals surface area contributed by atoms with Gasteiger partial charge in [0.1, 0.15) is 5.75 Å². The maximum Gasteiger partial charge on any atom is 0.122 e. The van der Waals surface area contributed by atoms with E-state index in [4.69, 9.17) is 0 Å². The Morgan fingerprint density at radius 1 is 1.13 bits per heavy atom. The van der Waals surface area contributed by atoms with E-state index < -0.39 is 0 Å². The lowest BCUT2D eigenvalue weighted by Crippen LogP contribution is -1.97. The molecule has 0 bridgehead atoms. The van der Waals surface area contributed by atoms with E-state index in [-0.39, 0.29) is 0 Å². The van der Waals surface area contributed by atoms with Gasteiger partial charge in [0, 0.05) is 0 Å². The smallest absolute Gasteiger partial charge is 0.122 e. The molecule has 1 rings (SSSR count). The summed E-state index contributed by atoms with van der Waals surface area (Å²) in [6.45, 7) is 8.59. The Morgan fingerprint density at radius 3 is 2.27 bits per heavy atom. The first kappa shape index (κ1) is 12.1. The molecule has 84 valence electrons. The van der Waals surface area contributed by atoms with Crippen molar-refractivity contribution in [1.29, 1.82) is 0 Å². The molecule has 0 spiro atoms. The second-order valence-corrected chi connectivity index (χ2v) is 4.63. The first-order valence-corrected chi connectivity index (χ1v) is 5.89. The maximum atomic E-state index is 10.2. The van der Waals surface area contributed by atoms with Crippen molar-refractivity contribution in [2.75, 3.05) is 0 Å². The fourth-order valence-electron chi connectivity index (χ4n) is 2.03. The van der Waals surface area contributed by atoms with Crippen LogP contribution in [0.4, 0.5) is 0 Å². The Labute approximate surface area is 93.1 Å². The second-order valence-electron chi connectivity index (χ2n) is 4.63. The number of phenols is 1. The molecule has 1 nitrogen and oxygen atoms in total. The number of para-hydroxylation sites is 1. The van der Waals surface area contributed by atoms with Crippen molar-refractivity contribution in [1.82, 2.24) is 0 Å². The lowest BCUT2D eigenvalue weighted by atomic mass is 9.91. The Hall–Kier alpha value is -0.980. The van der Waals surface area contributed by atoms with Crippen molar-refractivity contribution in [3.8, 4) is 5.75 Å². The van der Waals surface area contributed by atoms with Gasteiger partial charge in [-0.1, -0.05) is 52.3 Å². The van der Waals surface area contributed by atoms with Crippen LogP contribution in [0.1, 0.15) is 63.5 Å². The first-order chi connectivity index (χ1) is 7.07. The predicted octanol–water partition coefficient (Wildman–Crippen LogP) is 4.42. The van der Waals surface area contributed by atoms with Crippen LogP contribution in [0, 0.1) is 0 Å². The molecule has 0 saturated carbocycles. The zero-order valence-electron chi connectivity index (χ0n) is 10.2. The maximum absolute atomic E-state index is 10.2. The van der Waals surface area contributed by atoms with Crippen LogP contribution in [0.3, 0.4) is 0 Å². The third-order valence-corrected chi connectivity index (χ3v) is 2.97. The van der Waals surface area contributed by atoms with Gasteiger partial charge in [0.25, 0.3) is 0 Å². The fraction of sp³-hybridized carbons (Fsp3) is 0.571. The van der Waals surface area contributed by atoms with Crippen LogP contribution in [0.15, 0.2) is 18.2 Å². The Balaban J connectivity index is 3.03. The molecule has 0 radical (unpaired) electrons. The zero-order valence-corrected chi connectivity index (χ0v) is 10.2. The molecule has 0 aliphatic rings. The van der Waals surface area contributed by atoms with Gasteiger partial charge in [-0.05, 0) is 29.4 Å². The largest absolute Gasteiger partial charge is 0.507 e. The summed E-state index contributed by atoms with van der Waals surface area (Å²) in [6, 6.07) is 6.11. The van der Waals surface area contributed by atoms with Crippen LogP contribution in [0.5, 0.6) is 5.75 Å². The lowest BCUT2D eigenvalue weighted by Gasteiger charge is -2.16. The van der Waals surface area contributed by atoms with Crippen molar-refractivity contribution in [3.63, 3.8) is 0 Å². The van der Waals surface area contributed by atoms with Gasteiger partial charge < -0.3 is 5.11 Å². The lowest BCUT2D eigenvalue weighted by molar-refractivity contribution is 0.450. The number of hydrogen-bond donors (Lipinski definition) is 1. The Morgan fingerprint density at radius 2 is 1.73 bits per heavy atom. The molecule has 1 aromatic carbocycles. The molecule has 0 unspecified atom stereocenters. The summed E-state index contributed by atoms with van der Waals surface area (Å²) >= 11 is 0. The summed E-state index contributed by atoms with van der Waals surface area (Å²) < 4.78 is 0. The zero-order chi connectivity index (χ0) is 11.4. The summed E-state index contributed by atoms with van der Waals surface area (Å²) in [7, 11) is 0. The van der Waals surface area contributed by atoms with E-state index in [0.717, 1.165) is 24.0 Å². The summed E-state index contributed by atoms with van der Waals surface area (Å²) in [5.74, 6) is 1.35. The van der Waals surface area contributed by atoms with Gasteiger partial charge in [-0.3, -0.25) is 0 Å². The minimum absolute atomic E-state index is 0.388. The van der Waals surface area contributed by atoms with Crippen LogP contribution in [-0.4, -0.2) is 5.11 Å². The molecule has 1 N–H and O–H groups in total. The van der Waals surface area contributed by atoms with Gasteiger partial charge in [0.05, 0.1) is 0 Å². The van der Waals surface area contributed by atoms with Crippen LogP contribution < -0.4 is 0 Å². The molecule has 0 heterocycles. The predicted molar refractivity (Wildman–Crippen MR) is 65.5 cm³/mol. The third kappa shape index (κ3) is 2.74. The molecule has 0 amide bonds. The molecule has 0 aliphatic carbocycles. The van der Waals surface area contributed by atoms with Crippen molar-refractivity contribution in [3.05, 3.63) is 29.3 Å². The first-order valence-electron chi connectivity index (χ1n) is 5.89. The SMILES string of the molecule is CCC[C@H](C)c1cccc(C(C)C)c1O. The number of rotatable bonds is 4. The molecule has 1 atom stereocenters. The fourth-order valence-corrected chi connectivity index (χ4v) is 2.03. The molecule has 0 aromatic heterocycles. The van der Waals surface area contributed by atoms with Gasteiger partial charge in [-0.15, -0.1) is 0 Å². The highest BCUT2D eigenvalue weighted by molar-refractivity contribution is 5.43. The number of benzene rings is 1. The standard InChI is InChI=1S/C14H22O/c1-5-7-11(4)13-9-6-8-12(10(2)3)14(13)15/h6,8-11,15H,5,7H2,1-4H3/t11-/m0/s1. The van der Waals surface area contributed by atoms with Crippen molar-refractivity contribution >= 4 is 0 Å². The quantitative estimate of drug-likeness (QED) is 0.773. The minimum atomic E-state index is 0.388. The van der Waals surface area contributed by atoms with Gasteiger partial charge in [-0.25, -0.2) is 0 Å². The van der Waals surface area contributed by atoms with Crippen molar-refractivity contribution < 1.29 is 5.11 Å². The highest BCUT2D eigenvalue weighted by atomic mass is 16.3. The third-order valence-electron chi connectivity index (χ3n) is 2.97. The van der Waals surface area contributed by atoms with E-state index in [0.29, 0.717) is 17.6 Å². The van der Waals surface area contributed by atoms with Crippen LogP contribution in [-0.2, 0) is 0 Å². The van der Waals surface area contributed by atoms with Gasteiger partial charge >= 0.3 is 0 Å². The Kier molecular flexibility index (Phi) is 4.19. The van der Waals surface area contributed by atoms with E-state index in [9.17, 15) is 5.11 Å². The second kappa shape index (κ2) is 5.20. The van der Waals surface area contributed by atoms with Gasteiger partial charge in [0.15, 0.2) is 0 Å². The number of hydrogen-bond acceptors (Lipinski definition) is 1. The minimum Gasteiger partial charge on any atom is -0.507 e. The van der Waals surface area contributed by atoms with E-state index >= 15 is 0 Å². The van der Waals surface area contributed by atoms with E-state index in [1.807, 2.05) is 12.1 Å². The highest BCUT2D eigenvalue weighted by Crippen LogP contribution is 2.34. The summed E-state index contributed by atoms with van der Waals surface area (Å²) in [5.41, 5.74) is 2.17. The van der Waals surface area contributed by atoms with Crippen LogP contribution >= 0.6 is 0 Å². The normalized spacial score (nSPS) is 13.1. The van der Waals surface area contributed by atoms with E-state index in [2.05, 4.69) is 33.8 Å². The average molecular weight is 206 g/mol. The molecular weight excluding hydrogens is 184 g/mol. The van der Waals surface area contributed by atoms with Crippen LogP contribution in [0.2, 0.25) is 0 Å². The van der Waals surface area contributed by atoms with Crippen molar-refractivity contribution in [2.45, 2.75) is 52.4 Å². The molecular formula is C14H22O. The average Bonchev–Trinajstić information content (AvgIpc) is 2.17. The van der Waals surface area contributed by atoms with Crippen LogP contribution in [0.25, 0.3) is 0 Å². The summed E-state index contributed by atoms with van der Waals surface area (Å²) in [5, 5.41) is 10.2. The van der Waals surface area contributed by atoms with Gasteiger partial charge in [0.2, 0.25) is 0 Å². The monoisotopic (exact) mass is 206 g/mol. The van der Waals surface area contributed by atoms with Crippen molar-refractivity contribution in [2.24, 2.45) is 0 Å². The van der Waals surface area contributed by atoms with E-state index in [1.54, 1.807) is 0 Å². The Bertz CT molecular complexity index is 315. The topological polar surface area (TPSA) is 20.2 Å². The molecule has 0 aliphatic heterocycles. The molecule has 1 heteroatoms. The molecule has 1 aromatic rings. The highest BCUT2D eigenvalue weighted by Gasteiger charge is 2.14. The summed E-state index contributed by atoms with van der Waals surface area (Å²) in [6.07, 6.45) is 2.29. The summed E-state index contributed by atoms with van der Waals surface area (Å²) in [4.78, 5) is 0. The molecule has 15 heavy (non-hydrogen) atoms. The van der Waals surface area contributed by atoms with Gasteiger partial charge in [-0.2, -0.15) is 0 Å². The van der Waals surface area contributed by atoms with E-state index in [1.165, 1.54) is 0 Å². The molecule has 0 saturated heterocycles. The molecule has 0 fully saturated rings.